The quantitative estimate of drug-likeness (QED) is 0.877. The summed E-state index contributed by atoms with van der Waals surface area (Å²) in [6, 6.07) is 7.50. The Hall–Kier alpha value is -1.54. The number of carbonyl (C=O) groups is 1. The van der Waals surface area contributed by atoms with E-state index in [1.54, 1.807) is 6.07 Å². The first-order valence-corrected chi connectivity index (χ1v) is 6.60. The second-order valence-electron chi connectivity index (χ2n) is 4.02. The number of nitrogens with zero attached hydrogens (tertiary/aromatic N) is 2. The lowest BCUT2D eigenvalue weighted by Crippen LogP contribution is -2.34. The number of benzene rings is 1. The number of nitrogens with two attached hydrogens (primary N) is 1. The van der Waals surface area contributed by atoms with Crippen LogP contribution in [0.15, 0.2) is 22.7 Å². The first-order chi connectivity index (χ1) is 8.58. The van der Waals surface area contributed by atoms with Crippen molar-refractivity contribution in [2.75, 3.05) is 18.0 Å². The van der Waals surface area contributed by atoms with E-state index in [2.05, 4.69) is 28.9 Å². The van der Waals surface area contributed by atoms with Crippen LogP contribution in [0.2, 0.25) is 0 Å². The molecule has 1 aromatic rings. The maximum absolute atomic E-state index is 11.1. The highest BCUT2D eigenvalue weighted by Gasteiger charge is 2.10. The summed E-state index contributed by atoms with van der Waals surface area (Å²) in [6.45, 7) is 3.06. The van der Waals surface area contributed by atoms with Gasteiger partial charge < -0.3 is 10.6 Å². The third-order valence-corrected chi connectivity index (χ3v) is 3.22. The van der Waals surface area contributed by atoms with Crippen LogP contribution in [0.1, 0.15) is 25.3 Å². The number of nitriles is 1. The predicted molar refractivity (Wildman–Crippen MR) is 75.2 cm³/mol. The van der Waals surface area contributed by atoms with E-state index in [9.17, 15) is 4.79 Å². The van der Waals surface area contributed by atoms with Crippen LogP contribution < -0.4 is 10.6 Å². The number of carbonyl (C=O) groups excluding carboxylic acids is 1. The van der Waals surface area contributed by atoms with Crippen LogP contribution in [0.4, 0.5) is 5.69 Å². The summed E-state index contributed by atoms with van der Waals surface area (Å²) in [5.41, 5.74) is 6.73. The maximum Gasteiger partial charge on any atom is 0.236 e. The number of primary amides is 1. The smallest absolute Gasteiger partial charge is 0.236 e. The second kappa shape index (κ2) is 7.02. The summed E-state index contributed by atoms with van der Waals surface area (Å²) < 4.78 is 0.730. The van der Waals surface area contributed by atoms with Crippen molar-refractivity contribution >= 4 is 27.5 Å². The van der Waals surface area contributed by atoms with Gasteiger partial charge in [-0.1, -0.05) is 13.3 Å². The summed E-state index contributed by atoms with van der Waals surface area (Å²) in [6.07, 6.45) is 2.04. The molecule has 0 aromatic heterocycles. The summed E-state index contributed by atoms with van der Waals surface area (Å²) in [7, 11) is 0. The standard InChI is InChI=1S/C13H16BrN3O/c1-2-3-6-17(9-13(16)18)11-5-4-10(8-15)12(14)7-11/h4-5,7H,2-3,6,9H2,1H3,(H2,16,18). The van der Waals surface area contributed by atoms with Crippen molar-refractivity contribution in [2.24, 2.45) is 5.73 Å². The zero-order valence-corrected chi connectivity index (χ0v) is 11.9. The molecule has 0 atom stereocenters. The molecule has 4 nitrogen and oxygen atoms in total. The van der Waals surface area contributed by atoms with E-state index in [1.807, 2.05) is 17.0 Å². The third-order valence-electron chi connectivity index (χ3n) is 2.57. The molecule has 5 heteroatoms. The molecule has 0 spiro atoms. The number of anilines is 1. The van der Waals surface area contributed by atoms with Crippen LogP contribution in [0.5, 0.6) is 0 Å². The van der Waals surface area contributed by atoms with Gasteiger partial charge in [-0.25, -0.2) is 0 Å². The summed E-state index contributed by atoms with van der Waals surface area (Å²) in [5.74, 6) is -0.355. The Kier molecular flexibility index (Phi) is 5.66. The van der Waals surface area contributed by atoms with Gasteiger partial charge in [0.15, 0.2) is 0 Å². The van der Waals surface area contributed by atoms with Crippen LogP contribution >= 0.6 is 15.9 Å². The van der Waals surface area contributed by atoms with Gasteiger partial charge in [0.1, 0.15) is 6.07 Å². The number of hydrogen-bond donors (Lipinski definition) is 1. The van der Waals surface area contributed by atoms with Gasteiger partial charge in [-0.05, 0) is 40.5 Å². The highest BCUT2D eigenvalue weighted by Crippen LogP contribution is 2.24. The van der Waals surface area contributed by atoms with Crippen molar-refractivity contribution in [3.63, 3.8) is 0 Å². The Bertz CT molecular complexity index is 468. The zero-order valence-electron chi connectivity index (χ0n) is 10.3. The molecule has 0 heterocycles. The number of rotatable bonds is 6. The summed E-state index contributed by atoms with van der Waals surface area (Å²) >= 11 is 3.34. The lowest BCUT2D eigenvalue weighted by molar-refractivity contribution is -0.116. The molecule has 96 valence electrons. The van der Waals surface area contributed by atoms with Gasteiger partial charge in [0.2, 0.25) is 5.91 Å². The van der Waals surface area contributed by atoms with Gasteiger partial charge in [-0.3, -0.25) is 4.79 Å². The normalized spacial score (nSPS) is 9.83. The number of unbranched alkanes of at least 4 members (excludes halogenated alkanes) is 1. The van der Waals surface area contributed by atoms with Gasteiger partial charge in [-0.2, -0.15) is 5.26 Å². The fourth-order valence-electron chi connectivity index (χ4n) is 1.63. The molecule has 0 aliphatic rings. The van der Waals surface area contributed by atoms with Crippen LogP contribution in [0, 0.1) is 11.3 Å². The Morgan fingerprint density at radius 3 is 2.78 bits per heavy atom. The minimum absolute atomic E-state index is 0.193. The van der Waals surface area contributed by atoms with Crippen LogP contribution in [0.3, 0.4) is 0 Å². The predicted octanol–water partition coefficient (Wildman–Crippen LogP) is 2.41. The molecule has 0 unspecified atom stereocenters. The monoisotopic (exact) mass is 309 g/mol. The van der Waals surface area contributed by atoms with Crippen molar-refractivity contribution < 1.29 is 4.79 Å². The highest BCUT2D eigenvalue weighted by atomic mass is 79.9. The average Bonchev–Trinajstić information content (AvgIpc) is 2.34. The molecule has 0 radical (unpaired) electrons. The fourth-order valence-corrected chi connectivity index (χ4v) is 2.08. The van der Waals surface area contributed by atoms with E-state index in [-0.39, 0.29) is 12.5 Å². The van der Waals surface area contributed by atoms with Crippen molar-refractivity contribution in [1.29, 1.82) is 5.26 Å². The van der Waals surface area contributed by atoms with Crippen LogP contribution in [0.25, 0.3) is 0 Å². The molecule has 0 fully saturated rings. The highest BCUT2D eigenvalue weighted by molar-refractivity contribution is 9.10. The van der Waals surface area contributed by atoms with Gasteiger partial charge in [-0.15, -0.1) is 0 Å². The number of amides is 1. The molecule has 1 rings (SSSR count). The molecular weight excluding hydrogens is 294 g/mol. The average molecular weight is 310 g/mol. The summed E-state index contributed by atoms with van der Waals surface area (Å²) in [4.78, 5) is 13.0. The van der Waals surface area contributed by atoms with Crippen molar-refractivity contribution in [1.82, 2.24) is 0 Å². The first-order valence-electron chi connectivity index (χ1n) is 5.81. The second-order valence-corrected chi connectivity index (χ2v) is 4.87. The lowest BCUT2D eigenvalue weighted by Gasteiger charge is -2.23. The molecule has 1 amide bonds. The molecule has 0 aliphatic heterocycles. The lowest BCUT2D eigenvalue weighted by atomic mass is 10.2. The van der Waals surface area contributed by atoms with E-state index >= 15 is 0 Å². The van der Waals surface area contributed by atoms with E-state index in [4.69, 9.17) is 11.0 Å². The molecule has 2 N–H and O–H groups in total. The van der Waals surface area contributed by atoms with E-state index in [0.717, 1.165) is 29.5 Å². The SMILES string of the molecule is CCCCN(CC(N)=O)c1ccc(C#N)c(Br)c1. The molecule has 0 saturated heterocycles. The van der Waals surface area contributed by atoms with E-state index in [1.165, 1.54) is 0 Å². The Morgan fingerprint density at radius 2 is 2.28 bits per heavy atom. The molecule has 0 saturated carbocycles. The molecule has 18 heavy (non-hydrogen) atoms. The van der Waals surface area contributed by atoms with Crippen molar-refractivity contribution in [3.05, 3.63) is 28.2 Å². The van der Waals surface area contributed by atoms with Gasteiger partial charge in [0, 0.05) is 16.7 Å². The Balaban J connectivity index is 2.94. The number of hydrogen-bond acceptors (Lipinski definition) is 3. The molecule has 1 aromatic carbocycles. The zero-order chi connectivity index (χ0) is 13.5. The van der Waals surface area contributed by atoms with Crippen LogP contribution in [-0.4, -0.2) is 19.0 Å². The summed E-state index contributed by atoms with van der Waals surface area (Å²) in [5, 5.41) is 8.87. The Labute approximate surface area is 116 Å². The fraction of sp³-hybridized carbons (Fsp3) is 0.385. The van der Waals surface area contributed by atoms with Crippen LogP contribution in [-0.2, 0) is 4.79 Å². The maximum atomic E-state index is 11.1. The first kappa shape index (κ1) is 14.5. The van der Waals surface area contributed by atoms with Gasteiger partial charge in [0.25, 0.3) is 0 Å². The largest absolute Gasteiger partial charge is 0.368 e. The van der Waals surface area contributed by atoms with E-state index < -0.39 is 0 Å². The minimum Gasteiger partial charge on any atom is -0.368 e. The third kappa shape index (κ3) is 4.04. The topological polar surface area (TPSA) is 70.1 Å². The molecular formula is C13H16BrN3O. The molecule has 0 aliphatic carbocycles. The molecule has 0 bridgehead atoms. The van der Waals surface area contributed by atoms with Crippen molar-refractivity contribution in [2.45, 2.75) is 19.8 Å². The van der Waals surface area contributed by atoms with Gasteiger partial charge in [0.05, 0.1) is 12.1 Å². The minimum atomic E-state index is -0.355. The number of halogens is 1. The van der Waals surface area contributed by atoms with Gasteiger partial charge >= 0.3 is 0 Å². The van der Waals surface area contributed by atoms with Crippen molar-refractivity contribution in [3.8, 4) is 6.07 Å². The van der Waals surface area contributed by atoms with E-state index in [0.29, 0.717) is 5.56 Å². The Morgan fingerprint density at radius 1 is 1.56 bits per heavy atom.